The van der Waals surface area contributed by atoms with Gasteiger partial charge >= 0.3 is 0 Å². The monoisotopic (exact) mass is 235 g/mol. The van der Waals surface area contributed by atoms with Gasteiger partial charge in [-0.15, -0.1) is 0 Å². The first-order valence-electron chi connectivity index (χ1n) is 5.75. The van der Waals surface area contributed by atoms with Gasteiger partial charge in [0.05, 0.1) is 0 Å². The number of hydrogen-bond donors (Lipinski definition) is 2. The zero-order chi connectivity index (χ0) is 12.6. The van der Waals surface area contributed by atoms with Crippen LogP contribution in [-0.4, -0.2) is 33.1 Å². The largest absolute Gasteiger partial charge is 0.508 e. The fourth-order valence-corrected chi connectivity index (χ4v) is 2.36. The summed E-state index contributed by atoms with van der Waals surface area (Å²) in [5, 5.41) is 18.8. The van der Waals surface area contributed by atoms with Gasteiger partial charge in [0.1, 0.15) is 11.5 Å². The molecule has 0 aliphatic carbocycles. The van der Waals surface area contributed by atoms with Crippen molar-refractivity contribution in [3.05, 3.63) is 23.8 Å². The number of phenols is 2. The van der Waals surface area contributed by atoms with E-state index >= 15 is 0 Å². The van der Waals surface area contributed by atoms with Crippen LogP contribution >= 0.6 is 0 Å². The number of nitrogens with zero attached hydrogens (tertiary/aromatic N) is 1. The predicted octanol–water partition coefficient (Wildman–Crippen LogP) is 2.11. The summed E-state index contributed by atoms with van der Waals surface area (Å²) in [6.45, 7) is 4.78. The Labute approximate surface area is 100 Å². The van der Waals surface area contributed by atoms with Gasteiger partial charge in [-0.3, -0.25) is 4.79 Å². The summed E-state index contributed by atoms with van der Waals surface area (Å²) in [5.41, 5.74) is 0.176. The third kappa shape index (κ3) is 2.20. The van der Waals surface area contributed by atoms with Crippen molar-refractivity contribution in [1.82, 2.24) is 4.90 Å². The number of likely N-dealkylation sites (tertiary alicyclic amines) is 1. The van der Waals surface area contributed by atoms with Crippen LogP contribution in [0.25, 0.3) is 0 Å². The van der Waals surface area contributed by atoms with E-state index in [0.717, 1.165) is 19.4 Å². The van der Waals surface area contributed by atoms with Crippen LogP contribution < -0.4 is 0 Å². The van der Waals surface area contributed by atoms with Crippen molar-refractivity contribution >= 4 is 5.91 Å². The molecule has 1 amide bonds. The van der Waals surface area contributed by atoms with Crippen LogP contribution in [0.2, 0.25) is 0 Å². The molecule has 0 bridgehead atoms. The molecule has 1 aromatic rings. The highest BCUT2D eigenvalue weighted by molar-refractivity contribution is 5.95. The van der Waals surface area contributed by atoms with E-state index in [9.17, 15) is 15.0 Å². The Morgan fingerprint density at radius 3 is 2.29 bits per heavy atom. The van der Waals surface area contributed by atoms with Crippen molar-refractivity contribution in [3.8, 4) is 11.5 Å². The summed E-state index contributed by atoms with van der Waals surface area (Å²) in [6.07, 6.45) is 1.97. The Morgan fingerprint density at radius 1 is 1.24 bits per heavy atom. The van der Waals surface area contributed by atoms with Crippen LogP contribution in [-0.2, 0) is 0 Å². The number of phenolic OH excluding ortho intramolecular Hbond substituents is 2. The molecule has 0 aromatic heterocycles. The van der Waals surface area contributed by atoms with Crippen molar-refractivity contribution in [3.63, 3.8) is 0 Å². The summed E-state index contributed by atoms with van der Waals surface area (Å²) < 4.78 is 0. The maximum absolute atomic E-state index is 12.3. The van der Waals surface area contributed by atoms with Gasteiger partial charge in [-0.1, -0.05) is 0 Å². The minimum Gasteiger partial charge on any atom is -0.508 e. The molecule has 4 nitrogen and oxygen atoms in total. The molecule has 1 heterocycles. The fraction of sp³-hybridized carbons (Fsp3) is 0.462. The molecule has 2 rings (SSSR count). The normalized spacial score (nSPS) is 18.4. The number of hydrogen-bond acceptors (Lipinski definition) is 3. The number of aromatic hydroxyl groups is 2. The number of carbonyl (C=O) groups is 1. The molecule has 1 saturated heterocycles. The van der Waals surface area contributed by atoms with Crippen molar-refractivity contribution in [2.24, 2.45) is 0 Å². The molecule has 0 radical (unpaired) electrons. The highest BCUT2D eigenvalue weighted by atomic mass is 16.3. The fourth-order valence-electron chi connectivity index (χ4n) is 2.36. The summed E-state index contributed by atoms with van der Waals surface area (Å²) >= 11 is 0. The molecule has 0 atom stereocenters. The zero-order valence-electron chi connectivity index (χ0n) is 10.1. The predicted molar refractivity (Wildman–Crippen MR) is 64.1 cm³/mol. The second-order valence-corrected chi connectivity index (χ2v) is 5.11. The average Bonchev–Trinajstić information content (AvgIpc) is 2.55. The van der Waals surface area contributed by atoms with Crippen LogP contribution in [0.5, 0.6) is 11.5 Å². The quantitative estimate of drug-likeness (QED) is 0.783. The third-order valence-corrected chi connectivity index (χ3v) is 3.30. The van der Waals surface area contributed by atoms with E-state index in [-0.39, 0.29) is 22.9 Å². The first-order valence-corrected chi connectivity index (χ1v) is 5.75. The van der Waals surface area contributed by atoms with E-state index < -0.39 is 0 Å². The summed E-state index contributed by atoms with van der Waals surface area (Å²) in [4.78, 5) is 14.1. The van der Waals surface area contributed by atoms with Gasteiger partial charge in [-0.05, 0) is 38.8 Å². The van der Waals surface area contributed by atoms with Crippen LogP contribution in [0.15, 0.2) is 18.2 Å². The second kappa shape index (κ2) is 3.95. The number of carbonyl (C=O) groups excluding carboxylic acids is 1. The molecule has 1 fully saturated rings. The van der Waals surface area contributed by atoms with Crippen LogP contribution in [0.3, 0.4) is 0 Å². The maximum atomic E-state index is 12.3. The van der Waals surface area contributed by atoms with Gasteiger partial charge in [-0.25, -0.2) is 0 Å². The Bertz CT molecular complexity index is 434. The molecular formula is C13H17NO3. The van der Waals surface area contributed by atoms with Gasteiger partial charge in [0.25, 0.3) is 5.91 Å². The van der Waals surface area contributed by atoms with Crippen LogP contribution in [0.4, 0.5) is 0 Å². The van der Waals surface area contributed by atoms with Gasteiger partial charge in [0.15, 0.2) is 0 Å². The number of amides is 1. The molecule has 1 aliphatic rings. The molecule has 4 heteroatoms. The van der Waals surface area contributed by atoms with E-state index in [0.29, 0.717) is 5.56 Å². The molecule has 92 valence electrons. The highest BCUT2D eigenvalue weighted by Gasteiger charge is 2.35. The summed E-state index contributed by atoms with van der Waals surface area (Å²) in [6, 6.07) is 3.98. The van der Waals surface area contributed by atoms with Gasteiger partial charge in [0, 0.05) is 23.7 Å². The van der Waals surface area contributed by atoms with E-state index in [1.165, 1.54) is 18.2 Å². The molecule has 0 spiro atoms. The number of benzene rings is 1. The SMILES string of the molecule is CC1(C)CCCN1C(=O)c1cc(O)cc(O)c1. The Morgan fingerprint density at radius 2 is 1.82 bits per heavy atom. The minimum absolute atomic E-state index is 0.0923. The first-order chi connectivity index (χ1) is 7.90. The molecule has 17 heavy (non-hydrogen) atoms. The van der Waals surface area contributed by atoms with Gasteiger partial charge in [-0.2, -0.15) is 0 Å². The molecule has 0 saturated carbocycles. The lowest BCUT2D eigenvalue weighted by Gasteiger charge is -2.31. The smallest absolute Gasteiger partial charge is 0.254 e. The molecule has 0 unspecified atom stereocenters. The minimum atomic E-state index is -0.155. The Hall–Kier alpha value is -1.71. The van der Waals surface area contributed by atoms with E-state index in [4.69, 9.17) is 0 Å². The number of rotatable bonds is 1. The maximum Gasteiger partial charge on any atom is 0.254 e. The van der Waals surface area contributed by atoms with Crippen LogP contribution in [0.1, 0.15) is 37.0 Å². The lowest BCUT2D eigenvalue weighted by atomic mass is 10.0. The summed E-state index contributed by atoms with van der Waals surface area (Å²) in [5.74, 6) is -0.325. The van der Waals surface area contributed by atoms with Crippen molar-refractivity contribution in [1.29, 1.82) is 0 Å². The van der Waals surface area contributed by atoms with Crippen molar-refractivity contribution in [2.45, 2.75) is 32.2 Å². The topological polar surface area (TPSA) is 60.8 Å². The Balaban J connectivity index is 2.31. The van der Waals surface area contributed by atoms with E-state index in [2.05, 4.69) is 0 Å². The summed E-state index contributed by atoms with van der Waals surface area (Å²) in [7, 11) is 0. The average molecular weight is 235 g/mol. The molecular weight excluding hydrogens is 218 g/mol. The van der Waals surface area contributed by atoms with Crippen LogP contribution in [0, 0.1) is 0 Å². The van der Waals surface area contributed by atoms with Crippen molar-refractivity contribution in [2.75, 3.05) is 6.54 Å². The highest BCUT2D eigenvalue weighted by Crippen LogP contribution is 2.31. The van der Waals surface area contributed by atoms with E-state index in [1.807, 2.05) is 13.8 Å². The van der Waals surface area contributed by atoms with Gasteiger partial charge < -0.3 is 15.1 Å². The standard InChI is InChI=1S/C13H17NO3/c1-13(2)4-3-5-14(13)12(17)9-6-10(15)8-11(16)7-9/h6-8,15-16H,3-5H2,1-2H3. The second-order valence-electron chi connectivity index (χ2n) is 5.11. The molecule has 2 N–H and O–H groups in total. The molecule has 1 aliphatic heterocycles. The lowest BCUT2D eigenvalue weighted by Crippen LogP contribution is -2.42. The molecule has 1 aromatic carbocycles. The van der Waals surface area contributed by atoms with Gasteiger partial charge in [0.2, 0.25) is 0 Å². The Kier molecular flexibility index (Phi) is 2.73. The zero-order valence-corrected chi connectivity index (χ0v) is 10.1. The third-order valence-electron chi connectivity index (χ3n) is 3.30. The van der Waals surface area contributed by atoms with Crippen molar-refractivity contribution < 1.29 is 15.0 Å². The lowest BCUT2D eigenvalue weighted by molar-refractivity contribution is 0.0651. The van der Waals surface area contributed by atoms with E-state index in [1.54, 1.807) is 4.90 Å². The first kappa shape index (κ1) is 11.8.